The van der Waals surface area contributed by atoms with Gasteiger partial charge in [-0.3, -0.25) is 4.57 Å². The number of hydrazone groups is 1. The summed E-state index contributed by atoms with van der Waals surface area (Å²) in [6.07, 6.45) is 3.41. The van der Waals surface area contributed by atoms with E-state index < -0.39 is 23.9 Å². The number of amides is 2. The molecule has 3 rings (SSSR count). The molecule has 0 aromatic carbocycles. The maximum Gasteiger partial charge on any atom is 0.427 e. The van der Waals surface area contributed by atoms with Gasteiger partial charge in [-0.05, 0) is 70.4 Å². The second-order valence-electron chi connectivity index (χ2n) is 9.64. The van der Waals surface area contributed by atoms with Gasteiger partial charge in [0.2, 0.25) is 0 Å². The highest BCUT2D eigenvalue weighted by Gasteiger charge is 2.55. The molecule has 2 amide bonds. The van der Waals surface area contributed by atoms with E-state index in [2.05, 4.69) is 20.6 Å². The molecule has 0 unspecified atom stereocenters. The highest BCUT2D eigenvalue weighted by atomic mass is 16.6. The van der Waals surface area contributed by atoms with Crippen LogP contribution in [0.1, 0.15) is 57.7 Å². The van der Waals surface area contributed by atoms with Crippen molar-refractivity contribution in [2.45, 2.75) is 65.0 Å². The third-order valence-corrected chi connectivity index (χ3v) is 5.98. The monoisotopic (exact) mass is 448 g/mol. The normalized spacial score (nSPS) is 24.8. The van der Waals surface area contributed by atoms with E-state index in [-0.39, 0.29) is 17.4 Å². The van der Waals surface area contributed by atoms with Crippen molar-refractivity contribution in [3.8, 4) is 0 Å². The molecule has 10 nitrogen and oxygen atoms in total. The lowest BCUT2D eigenvalue weighted by atomic mass is 9.49. The molecule has 0 bridgehead atoms. The zero-order valence-electron chi connectivity index (χ0n) is 19.5. The minimum Gasteiger partial charge on any atom is -0.452 e. The molecular formula is C22H32N4O6. The molecule has 2 saturated carbocycles. The number of rotatable bonds is 4. The van der Waals surface area contributed by atoms with Crippen LogP contribution in [0.4, 0.5) is 14.4 Å². The first-order valence-electron chi connectivity index (χ1n) is 10.6. The van der Waals surface area contributed by atoms with Crippen LogP contribution in [0.3, 0.4) is 0 Å². The van der Waals surface area contributed by atoms with Gasteiger partial charge in [-0.25, -0.2) is 19.8 Å². The molecule has 0 radical (unpaired) electrons. The summed E-state index contributed by atoms with van der Waals surface area (Å²) in [6.45, 7) is 7.38. The van der Waals surface area contributed by atoms with Gasteiger partial charge in [0.1, 0.15) is 5.60 Å². The minimum atomic E-state index is -0.685. The molecule has 10 heteroatoms. The number of carbonyl (C=O) groups is 3. The number of aryl methyl sites for hydroxylation is 1. The second-order valence-corrected chi connectivity index (χ2v) is 9.64. The summed E-state index contributed by atoms with van der Waals surface area (Å²) in [7, 11) is 2.58. The lowest BCUT2D eigenvalue weighted by molar-refractivity contribution is -0.0294. The van der Waals surface area contributed by atoms with Crippen molar-refractivity contribution in [2.75, 3.05) is 14.2 Å². The lowest BCUT2D eigenvalue weighted by Crippen LogP contribution is -2.58. The van der Waals surface area contributed by atoms with Gasteiger partial charge in [0.25, 0.3) is 0 Å². The van der Waals surface area contributed by atoms with Crippen LogP contribution in [0, 0.1) is 18.3 Å². The van der Waals surface area contributed by atoms with Crippen LogP contribution < -0.4 is 10.7 Å². The first-order chi connectivity index (χ1) is 15.0. The Balaban J connectivity index is 1.69. The number of nitrogens with one attached hydrogen (secondary N) is 2. The van der Waals surface area contributed by atoms with Crippen LogP contribution in [0.25, 0.3) is 0 Å². The molecule has 176 valence electrons. The number of methoxy groups -OCH3 is 2. The summed E-state index contributed by atoms with van der Waals surface area (Å²) >= 11 is 0. The standard InChI is InChI=1S/C22H32N4O6/c1-13-7-8-26(20(29)31-6)17(13)16(24-25-19(28)30-5)14-9-22(10-14)11-15(12-22)23-18(27)32-21(2,3)4/h7-8,14-15H,9-12H2,1-6H3,(H,23,27)(H,25,28)/b24-16+. The third-order valence-electron chi connectivity index (χ3n) is 5.98. The molecule has 2 aliphatic rings. The van der Waals surface area contributed by atoms with Crippen molar-refractivity contribution in [3.05, 3.63) is 23.5 Å². The highest BCUT2D eigenvalue weighted by molar-refractivity contribution is 6.05. The molecule has 2 N–H and O–H groups in total. The Kier molecular flexibility index (Phi) is 6.52. The first-order valence-corrected chi connectivity index (χ1v) is 10.6. The van der Waals surface area contributed by atoms with Gasteiger partial charge in [-0.2, -0.15) is 5.10 Å². The zero-order valence-corrected chi connectivity index (χ0v) is 19.5. The number of aromatic nitrogens is 1. The minimum absolute atomic E-state index is 0.0478. The van der Waals surface area contributed by atoms with Crippen LogP contribution in [0.15, 0.2) is 17.4 Å². The van der Waals surface area contributed by atoms with Crippen molar-refractivity contribution in [3.63, 3.8) is 0 Å². The molecule has 1 spiro atoms. The predicted octanol–water partition coefficient (Wildman–Crippen LogP) is 3.55. The summed E-state index contributed by atoms with van der Waals surface area (Å²) in [5.41, 5.74) is 4.04. The van der Waals surface area contributed by atoms with Gasteiger partial charge >= 0.3 is 18.3 Å². The van der Waals surface area contributed by atoms with E-state index in [9.17, 15) is 14.4 Å². The second kappa shape index (κ2) is 8.84. The molecule has 32 heavy (non-hydrogen) atoms. The number of ether oxygens (including phenoxy) is 3. The van der Waals surface area contributed by atoms with Crippen molar-refractivity contribution < 1.29 is 28.6 Å². The molecule has 0 aliphatic heterocycles. The van der Waals surface area contributed by atoms with E-state index in [1.165, 1.54) is 18.8 Å². The van der Waals surface area contributed by atoms with Crippen molar-refractivity contribution in [2.24, 2.45) is 16.4 Å². The largest absolute Gasteiger partial charge is 0.452 e. The Labute approximate surface area is 187 Å². The Morgan fingerprint density at radius 1 is 1.09 bits per heavy atom. The van der Waals surface area contributed by atoms with Gasteiger partial charge in [-0.15, -0.1) is 0 Å². The molecule has 1 aromatic rings. The number of carbonyl (C=O) groups excluding carboxylic acids is 3. The van der Waals surface area contributed by atoms with Gasteiger partial charge < -0.3 is 19.5 Å². The number of hydrogen-bond donors (Lipinski definition) is 2. The van der Waals surface area contributed by atoms with Crippen LogP contribution in [-0.4, -0.2) is 54.4 Å². The van der Waals surface area contributed by atoms with Gasteiger partial charge in [0.05, 0.1) is 25.6 Å². The Hall–Kier alpha value is -3.04. The Morgan fingerprint density at radius 2 is 1.75 bits per heavy atom. The van der Waals surface area contributed by atoms with E-state index in [1.807, 2.05) is 27.7 Å². The number of alkyl carbamates (subject to hydrolysis) is 1. The Bertz CT molecular complexity index is 915. The highest BCUT2D eigenvalue weighted by Crippen LogP contribution is 2.59. The maximum atomic E-state index is 12.2. The van der Waals surface area contributed by atoms with E-state index in [4.69, 9.17) is 9.47 Å². The fourth-order valence-electron chi connectivity index (χ4n) is 4.67. The Morgan fingerprint density at radius 3 is 2.31 bits per heavy atom. The fourth-order valence-corrected chi connectivity index (χ4v) is 4.67. The number of nitrogens with zero attached hydrogens (tertiary/aromatic N) is 2. The van der Waals surface area contributed by atoms with Gasteiger partial charge in [0.15, 0.2) is 0 Å². The average molecular weight is 449 g/mol. The van der Waals surface area contributed by atoms with Crippen molar-refractivity contribution >= 4 is 24.0 Å². The van der Waals surface area contributed by atoms with Crippen molar-refractivity contribution in [1.29, 1.82) is 0 Å². The molecule has 0 atom stereocenters. The molecular weight excluding hydrogens is 416 g/mol. The number of hydrogen-bond acceptors (Lipinski definition) is 7. The molecule has 1 heterocycles. The predicted molar refractivity (Wildman–Crippen MR) is 117 cm³/mol. The molecule has 2 fully saturated rings. The SMILES string of the molecule is COC(=O)N/N=C(/c1c(C)ccn1C(=O)OC)C1CC2(CC(NC(=O)OC(C)(C)C)C2)C1. The molecule has 1 aromatic heterocycles. The topological polar surface area (TPSA) is 120 Å². The van der Waals surface area contributed by atoms with Crippen LogP contribution in [-0.2, 0) is 14.2 Å². The summed E-state index contributed by atoms with van der Waals surface area (Å²) in [5, 5.41) is 7.23. The first kappa shape index (κ1) is 23.6. The van der Waals surface area contributed by atoms with E-state index in [0.717, 1.165) is 31.2 Å². The van der Waals surface area contributed by atoms with Crippen molar-refractivity contribution in [1.82, 2.24) is 15.3 Å². The van der Waals surface area contributed by atoms with E-state index in [1.54, 1.807) is 12.3 Å². The third kappa shape index (κ3) is 5.05. The van der Waals surface area contributed by atoms with Crippen LogP contribution in [0.2, 0.25) is 0 Å². The summed E-state index contributed by atoms with van der Waals surface area (Å²) in [6, 6.07) is 1.89. The lowest BCUT2D eigenvalue weighted by Gasteiger charge is -2.57. The van der Waals surface area contributed by atoms with Gasteiger partial charge in [0, 0.05) is 18.2 Å². The smallest absolute Gasteiger partial charge is 0.427 e. The molecule has 2 aliphatic carbocycles. The summed E-state index contributed by atoms with van der Waals surface area (Å²) < 4.78 is 16.2. The zero-order chi connectivity index (χ0) is 23.7. The average Bonchev–Trinajstić information content (AvgIpc) is 3.03. The summed E-state index contributed by atoms with van der Waals surface area (Å²) in [4.78, 5) is 35.9. The van der Waals surface area contributed by atoms with E-state index in [0.29, 0.717) is 11.4 Å². The fraction of sp³-hybridized carbons (Fsp3) is 0.636. The van der Waals surface area contributed by atoms with E-state index >= 15 is 0 Å². The maximum absolute atomic E-state index is 12.2. The summed E-state index contributed by atoms with van der Waals surface area (Å²) in [5.74, 6) is 0.0478. The van der Waals surface area contributed by atoms with Gasteiger partial charge in [-0.1, -0.05) is 0 Å². The molecule has 0 saturated heterocycles. The van der Waals surface area contributed by atoms with Crippen LogP contribution in [0.5, 0.6) is 0 Å². The quantitative estimate of drug-likeness (QED) is 0.413. The van der Waals surface area contributed by atoms with Crippen LogP contribution >= 0.6 is 0 Å².